The van der Waals surface area contributed by atoms with Crippen LogP contribution < -0.4 is 19.3 Å². The molecule has 1 atom stereocenters. The lowest BCUT2D eigenvalue weighted by molar-refractivity contribution is 0.101. The van der Waals surface area contributed by atoms with Gasteiger partial charge in [-0.1, -0.05) is 48.5 Å². The van der Waals surface area contributed by atoms with E-state index >= 15 is 0 Å². The van der Waals surface area contributed by atoms with Crippen molar-refractivity contribution in [3.05, 3.63) is 114 Å². The Hall–Kier alpha value is -4.58. The van der Waals surface area contributed by atoms with Gasteiger partial charge in [0.05, 0.1) is 23.7 Å². The van der Waals surface area contributed by atoms with Crippen molar-refractivity contribution in [1.82, 2.24) is 4.98 Å². The lowest BCUT2D eigenvalue weighted by Gasteiger charge is -2.13. The van der Waals surface area contributed by atoms with Gasteiger partial charge >= 0.3 is 7.60 Å². The summed E-state index contributed by atoms with van der Waals surface area (Å²) in [6, 6.07) is 28.1. The van der Waals surface area contributed by atoms with Crippen LogP contribution in [-0.4, -0.2) is 22.8 Å². The summed E-state index contributed by atoms with van der Waals surface area (Å²) in [5, 5.41) is 1.04. The third-order valence-corrected chi connectivity index (χ3v) is 7.75. The van der Waals surface area contributed by atoms with Crippen LogP contribution in [0.1, 0.15) is 15.9 Å². The van der Waals surface area contributed by atoms with E-state index in [0.717, 1.165) is 27.7 Å². The second-order valence-electron chi connectivity index (χ2n) is 8.74. The molecule has 0 aliphatic carbocycles. The van der Waals surface area contributed by atoms with Gasteiger partial charge in [-0.3, -0.25) is 4.79 Å². The number of carbonyl (C=O) groups is 1. The Morgan fingerprint density at radius 1 is 0.895 bits per heavy atom. The maximum atomic E-state index is 13.3. The number of hydrogen-bond acceptors (Lipinski definition) is 5. The Balaban J connectivity index is 1.38. The van der Waals surface area contributed by atoms with E-state index in [1.165, 1.54) is 30.3 Å². The van der Waals surface area contributed by atoms with E-state index in [9.17, 15) is 14.3 Å². The zero-order chi connectivity index (χ0) is 26.3. The number of methoxy groups -OCH3 is 1. The molecule has 7 nitrogen and oxygen atoms in total. The molecule has 1 aliphatic rings. The number of rotatable bonds is 6. The number of nitrogens with one attached hydrogen (secondary N) is 1. The van der Waals surface area contributed by atoms with E-state index in [0.29, 0.717) is 11.3 Å². The first-order chi connectivity index (χ1) is 18.4. The van der Waals surface area contributed by atoms with Crippen molar-refractivity contribution in [3.8, 4) is 28.5 Å². The molecule has 8 heteroatoms. The van der Waals surface area contributed by atoms with Crippen molar-refractivity contribution in [1.29, 1.82) is 0 Å². The van der Waals surface area contributed by atoms with Crippen LogP contribution >= 0.6 is 7.60 Å². The number of ether oxygens (including phenoxy) is 2. The van der Waals surface area contributed by atoms with Crippen molar-refractivity contribution < 1.29 is 28.3 Å². The van der Waals surface area contributed by atoms with Gasteiger partial charge in [-0.15, -0.1) is 0 Å². The second-order valence-corrected chi connectivity index (χ2v) is 10.5. The number of Topliss-reactive ketones (excluding diaryl/α,β-unsaturated/α-hetero) is 1. The van der Waals surface area contributed by atoms with Crippen LogP contribution in [-0.2, 0) is 4.57 Å². The number of hydrogen-bond donors (Lipinski definition) is 2. The highest BCUT2D eigenvalue weighted by molar-refractivity contribution is 7.61. The summed E-state index contributed by atoms with van der Waals surface area (Å²) in [5.74, 6) is 0.900. The topological polar surface area (TPSA) is 97.8 Å². The average molecular weight is 523 g/mol. The second kappa shape index (κ2) is 9.38. The summed E-state index contributed by atoms with van der Waals surface area (Å²) in [6.07, 6.45) is 1.71. The van der Waals surface area contributed by atoms with Crippen LogP contribution in [0.2, 0.25) is 0 Å². The number of aromatic amines is 1. The highest BCUT2D eigenvalue weighted by Crippen LogP contribution is 2.44. The minimum absolute atomic E-state index is 0.120. The van der Waals surface area contributed by atoms with Gasteiger partial charge < -0.3 is 23.9 Å². The maximum Gasteiger partial charge on any atom is 0.408 e. The standard InChI is InChI=1S/C30H22NO6P/c1-35-20-13-15-26-24(16-20)25(29(31-26)19-8-4-2-5-9-19)18-28-30(32)23-14-12-21(17-27(23)36-28)37-38(33,34)22-10-6-3-7-11-22/h2-18,31H,1H3,(H,33,34)/b28-18+. The molecular formula is C30H22NO6P. The molecule has 0 fully saturated rings. The maximum absolute atomic E-state index is 13.3. The van der Waals surface area contributed by atoms with Gasteiger partial charge in [0.25, 0.3) is 0 Å². The lowest BCUT2D eigenvalue weighted by atomic mass is 10.0. The molecule has 0 spiro atoms. The number of carbonyl (C=O) groups excluding carboxylic acids is 1. The first-order valence-electron chi connectivity index (χ1n) is 11.8. The molecule has 38 heavy (non-hydrogen) atoms. The van der Waals surface area contributed by atoms with E-state index < -0.39 is 7.60 Å². The number of aromatic nitrogens is 1. The molecule has 0 saturated heterocycles. The van der Waals surface area contributed by atoms with Crippen molar-refractivity contribution in [2.45, 2.75) is 0 Å². The molecule has 0 bridgehead atoms. The average Bonchev–Trinajstić information content (AvgIpc) is 3.46. The number of H-pyrrole nitrogens is 1. The molecule has 1 unspecified atom stereocenters. The fraction of sp³-hybridized carbons (Fsp3) is 0.0333. The molecule has 188 valence electrons. The summed E-state index contributed by atoms with van der Waals surface area (Å²) in [5.41, 5.74) is 3.79. The van der Waals surface area contributed by atoms with E-state index in [1.54, 1.807) is 31.4 Å². The van der Waals surface area contributed by atoms with Crippen LogP contribution in [0.15, 0.2) is 103 Å². The molecule has 2 heterocycles. The predicted octanol–water partition coefficient (Wildman–Crippen LogP) is 6.35. The fourth-order valence-corrected chi connectivity index (χ4v) is 5.52. The molecule has 2 N–H and O–H groups in total. The molecule has 0 amide bonds. The molecule has 0 saturated carbocycles. The molecular weight excluding hydrogens is 501 g/mol. The minimum atomic E-state index is -4.12. The fourth-order valence-electron chi connectivity index (χ4n) is 4.47. The Kier molecular flexibility index (Phi) is 5.87. The van der Waals surface area contributed by atoms with Gasteiger partial charge in [-0.05, 0) is 54.1 Å². The SMILES string of the molecule is COc1ccc2[nH]c(-c3ccccc3)c(/C=C3/Oc4cc(OP(=O)(O)c5ccccc5)ccc4C3=O)c2c1. The van der Waals surface area contributed by atoms with E-state index in [-0.39, 0.29) is 28.3 Å². The van der Waals surface area contributed by atoms with Crippen LogP contribution in [0.4, 0.5) is 0 Å². The summed E-state index contributed by atoms with van der Waals surface area (Å²) in [7, 11) is -2.51. The molecule has 4 aromatic carbocycles. The van der Waals surface area contributed by atoms with Crippen molar-refractivity contribution in [2.75, 3.05) is 7.11 Å². The normalized spacial score (nSPS) is 15.2. The van der Waals surface area contributed by atoms with E-state index in [2.05, 4.69) is 4.98 Å². The van der Waals surface area contributed by atoms with Gasteiger partial charge in [0.2, 0.25) is 5.78 Å². The lowest BCUT2D eigenvalue weighted by Crippen LogP contribution is -2.08. The smallest absolute Gasteiger partial charge is 0.408 e. The molecule has 5 aromatic rings. The van der Waals surface area contributed by atoms with Crippen molar-refractivity contribution in [2.24, 2.45) is 0 Å². The number of allylic oxidation sites excluding steroid dienone is 1. The van der Waals surface area contributed by atoms with Gasteiger partial charge in [-0.25, -0.2) is 4.57 Å². The Labute approximate surface area is 218 Å². The van der Waals surface area contributed by atoms with Crippen molar-refractivity contribution >= 4 is 35.7 Å². The molecule has 1 aliphatic heterocycles. The number of ketones is 1. The van der Waals surface area contributed by atoms with Gasteiger partial charge in [0.15, 0.2) is 5.76 Å². The molecule has 1 aromatic heterocycles. The zero-order valence-electron chi connectivity index (χ0n) is 20.3. The van der Waals surface area contributed by atoms with Gasteiger partial charge in [0, 0.05) is 22.5 Å². The quantitative estimate of drug-likeness (QED) is 0.199. The van der Waals surface area contributed by atoms with Gasteiger partial charge in [0.1, 0.15) is 17.2 Å². The van der Waals surface area contributed by atoms with E-state index in [4.69, 9.17) is 14.0 Å². The Morgan fingerprint density at radius 2 is 1.61 bits per heavy atom. The zero-order valence-corrected chi connectivity index (χ0v) is 21.1. The summed E-state index contributed by atoms with van der Waals surface area (Å²) < 4.78 is 29.6. The monoisotopic (exact) mass is 523 g/mol. The summed E-state index contributed by atoms with van der Waals surface area (Å²) in [4.78, 5) is 27.2. The third-order valence-electron chi connectivity index (χ3n) is 6.34. The van der Waals surface area contributed by atoms with E-state index in [1.807, 2.05) is 48.5 Å². The van der Waals surface area contributed by atoms with Crippen LogP contribution in [0.25, 0.3) is 28.2 Å². The highest BCUT2D eigenvalue weighted by atomic mass is 31.2. The molecule has 6 rings (SSSR count). The van der Waals surface area contributed by atoms with Crippen LogP contribution in [0, 0.1) is 0 Å². The third kappa shape index (κ3) is 4.28. The highest BCUT2D eigenvalue weighted by Gasteiger charge is 2.30. The number of benzene rings is 4. The first-order valence-corrected chi connectivity index (χ1v) is 13.4. The summed E-state index contributed by atoms with van der Waals surface area (Å²) >= 11 is 0. The van der Waals surface area contributed by atoms with Gasteiger partial charge in [-0.2, -0.15) is 0 Å². The Morgan fingerprint density at radius 3 is 2.34 bits per heavy atom. The summed E-state index contributed by atoms with van der Waals surface area (Å²) in [6.45, 7) is 0. The predicted molar refractivity (Wildman–Crippen MR) is 146 cm³/mol. The van der Waals surface area contributed by atoms with Crippen LogP contribution in [0.5, 0.6) is 17.2 Å². The number of fused-ring (bicyclic) bond motifs is 2. The first kappa shape index (κ1) is 23.8. The molecule has 0 radical (unpaired) electrons. The minimum Gasteiger partial charge on any atom is -0.497 e. The Bertz CT molecular complexity index is 1760. The van der Waals surface area contributed by atoms with Crippen LogP contribution in [0.3, 0.4) is 0 Å². The largest absolute Gasteiger partial charge is 0.497 e. The van der Waals surface area contributed by atoms with Crippen molar-refractivity contribution in [3.63, 3.8) is 0 Å².